The van der Waals surface area contributed by atoms with Crippen LogP contribution in [0.1, 0.15) is 19.6 Å². The van der Waals surface area contributed by atoms with Crippen LogP contribution in [-0.2, 0) is 18.6 Å². The molecule has 1 aromatic carbocycles. The highest BCUT2D eigenvalue weighted by molar-refractivity contribution is 7.52. The molecule has 0 amide bonds. The number of aromatic nitrogens is 4. The van der Waals surface area contributed by atoms with E-state index in [9.17, 15) is 19.6 Å². The summed E-state index contributed by atoms with van der Waals surface area (Å²) in [6.07, 6.45) is -2.53. The van der Waals surface area contributed by atoms with Crippen LogP contribution in [0, 0.1) is 0 Å². The lowest BCUT2D eigenvalue weighted by atomic mass is 10.2. The molecule has 38 heavy (non-hydrogen) atoms. The van der Waals surface area contributed by atoms with Gasteiger partial charge in [-0.25, -0.2) is 9.55 Å². The maximum atomic E-state index is 13.6. The summed E-state index contributed by atoms with van der Waals surface area (Å²) < 4.78 is 30.1. The van der Waals surface area contributed by atoms with Crippen molar-refractivity contribution in [2.75, 3.05) is 24.7 Å². The van der Waals surface area contributed by atoms with Crippen molar-refractivity contribution in [2.45, 2.75) is 42.2 Å². The van der Waals surface area contributed by atoms with Gasteiger partial charge >= 0.3 is 13.7 Å². The fraction of sp³-hybridized carbons (Fsp3) is 0.429. The molecule has 3 heterocycles. The summed E-state index contributed by atoms with van der Waals surface area (Å²) in [6, 6.07) is 6.81. The Balaban J connectivity index is 1.58. The molecular weight excluding hydrogens is 564 g/mol. The zero-order valence-electron chi connectivity index (χ0n) is 20.2. The molecule has 1 unspecified atom stereocenters. The van der Waals surface area contributed by atoms with E-state index in [2.05, 4.69) is 25.4 Å². The van der Waals surface area contributed by atoms with Gasteiger partial charge in [-0.3, -0.25) is 13.9 Å². The Labute approximate surface area is 227 Å². The van der Waals surface area contributed by atoms with Gasteiger partial charge in [0.15, 0.2) is 27.5 Å². The van der Waals surface area contributed by atoms with E-state index in [0.29, 0.717) is 11.3 Å². The Hall–Kier alpha value is -2.71. The van der Waals surface area contributed by atoms with Gasteiger partial charge in [0, 0.05) is 7.05 Å². The summed E-state index contributed by atoms with van der Waals surface area (Å²) in [6.45, 7) is 1.06. The molecule has 3 aromatic rings. The van der Waals surface area contributed by atoms with E-state index >= 15 is 0 Å². The number of benzene rings is 1. The van der Waals surface area contributed by atoms with Crippen molar-refractivity contribution in [1.29, 1.82) is 0 Å². The lowest BCUT2D eigenvalue weighted by molar-refractivity contribution is -0.139. The summed E-state index contributed by atoms with van der Waals surface area (Å²) in [5.41, 5.74) is 6.40. The first kappa shape index (κ1) is 28.3. The number of nitrogen functional groups attached to an aromatic ring is 1. The van der Waals surface area contributed by atoms with Gasteiger partial charge in [-0.2, -0.15) is 15.1 Å². The Morgan fingerprint density at radius 1 is 1.34 bits per heavy atom. The lowest BCUT2D eigenvalue weighted by Gasteiger charge is -2.25. The maximum absolute atomic E-state index is 13.6. The predicted octanol–water partition coefficient (Wildman–Crippen LogP) is 2.54. The first-order valence-electron chi connectivity index (χ1n) is 11.4. The van der Waals surface area contributed by atoms with Crippen LogP contribution >= 0.6 is 30.9 Å². The molecule has 0 saturated carbocycles. The van der Waals surface area contributed by atoms with Gasteiger partial charge in [-0.1, -0.05) is 48.3 Å². The van der Waals surface area contributed by atoms with E-state index < -0.39 is 49.1 Å². The van der Waals surface area contributed by atoms with Gasteiger partial charge in [-0.15, -0.1) is 0 Å². The zero-order valence-corrected chi connectivity index (χ0v) is 22.6. The second-order valence-electron chi connectivity index (χ2n) is 8.28. The number of para-hydroxylation sites is 1. The molecule has 1 fully saturated rings. The summed E-state index contributed by atoms with van der Waals surface area (Å²) in [5.74, 6) is -0.778. The monoisotopic (exact) mass is 589 g/mol. The number of hydrogen-bond acceptors (Lipinski definition) is 11. The summed E-state index contributed by atoms with van der Waals surface area (Å²) in [4.78, 5) is 24.1. The summed E-state index contributed by atoms with van der Waals surface area (Å²) in [5, 5.41) is 25.6. The Morgan fingerprint density at radius 2 is 2.05 bits per heavy atom. The van der Waals surface area contributed by atoms with Crippen LogP contribution in [0.2, 0.25) is 0 Å². The standard InChI is InChI=1S/C21H26Cl2N7O7P/c1-3-12(18(32)33)29-38(34,37-11-7-5-4-6-8-11)35-9-13-15(31)21(22,23)19(36-13)30-10-26-14-16(25-2)27-20(24)28-17(14)30/h4-8,10,12-13,15,19,31H,3,9H2,1-2H3,(H,29,34)(H,32,33)(H3,24,25,27,28)/t12-,13+,15+,19+,38?/m0/s1. The molecular formula is C21H26Cl2N7O7P. The van der Waals surface area contributed by atoms with Crippen molar-refractivity contribution in [1.82, 2.24) is 24.6 Å². The van der Waals surface area contributed by atoms with Gasteiger partial charge in [0.25, 0.3) is 0 Å². The molecule has 0 spiro atoms. The largest absolute Gasteiger partial charge is 0.480 e. The second-order valence-corrected chi connectivity index (χ2v) is 11.4. The Morgan fingerprint density at radius 3 is 2.68 bits per heavy atom. The number of nitrogens with one attached hydrogen (secondary N) is 2. The van der Waals surface area contributed by atoms with E-state index in [1.807, 2.05) is 0 Å². The minimum Gasteiger partial charge on any atom is -0.480 e. The third-order valence-corrected chi connectivity index (χ3v) is 8.09. The van der Waals surface area contributed by atoms with Gasteiger partial charge < -0.3 is 30.5 Å². The molecule has 206 valence electrons. The normalized spacial score (nSPS) is 23.1. The third kappa shape index (κ3) is 5.66. The maximum Gasteiger partial charge on any atom is 0.459 e. The van der Waals surface area contributed by atoms with Crippen molar-refractivity contribution in [3.63, 3.8) is 0 Å². The number of carboxylic acid groups (broad SMARTS) is 1. The zero-order chi connectivity index (χ0) is 27.7. The number of anilines is 2. The van der Waals surface area contributed by atoms with Crippen LogP contribution in [-0.4, -0.2) is 71.9 Å². The number of hydrogen-bond donors (Lipinski definition) is 5. The van der Waals surface area contributed by atoms with E-state index in [0.717, 1.165) is 0 Å². The predicted molar refractivity (Wildman–Crippen MR) is 139 cm³/mol. The molecule has 1 aliphatic heterocycles. The fourth-order valence-electron chi connectivity index (χ4n) is 3.78. The van der Waals surface area contributed by atoms with Crippen molar-refractivity contribution < 1.29 is 33.4 Å². The highest BCUT2D eigenvalue weighted by Crippen LogP contribution is 2.50. The van der Waals surface area contributed by atoms with Gasteiger partial charge in [0.05, 0.1) is 12.9 Å². The summed E-state index contributed by atoms with van der Waals surface area (Å²) >= 11 is 13.0. The van der Waals surface area contributed by atoms with Crippen LogP contribution in [0.4, 0.5) is 11.8 Å². The SMILES string of the molecule is CC[C@H](NP(=O)(OC[C@H]1O[C@@H](n2cnc3c(NC)nc(N)nc32)C(Cl)(Cl)[C@@H]1O)Oc1ccccc1)C(=O)O. The van der Waals surface area contributed by atoms with Crippen molar-refractivity contribution in [3.8, 4) is 5.75 Å². The highest BCUT2D eigenvalue weighted by atomic mass is 35.5. The van der Waals surface area contributed by atoms with Crippen molar-refractivity contribution in [3.05, 3.63) is 36.7 Å². The first-order chi connectivity index (χ1) is 18.0. The molecule has 0 aliphatic carbocycles. The molecule has 6 N–H and O–H groups in total. The number of ether oxygens (including phenoxy) is 1. The second kappa shape index (κ2) is 11.2. The number of aliphatic carboxylic acids is 1. The number of aliphatic hydroxyl groups excluding tert-OH is 1. The quantitative estimate of drug-likeness (QED) is 0.162. The number of nitrogens with zero attached hydrogens (tertiary/aromatic N) is 4. The van der Waals surface area contributed by atoms with Crippen molar-refractivity contribution in [2.24, 2.45) is 0 Å². The minimum absolute atomic E-state index is 0.0502. The number of alkyl halides is 2. The molecule has 1 aliphatic rings. The van der Waals surface area contributed by atoms with Crippen LogP contribution < -0.4 is 20.7 Å². The third-order valence-electron chi connectivity index (χ3n) is 5.71. The first-order valence-corrected chi connectivity index (χ1v) is 13.7. The number of halogens is 2. The molecule has 14 nitrogen and oxygen atoms in total. The number of aliphatic hydroxyl groups is 1. The minimum atomic E-state index is -4.30. The number of fused-ring (bicyclic) bond motifs is 1. The molecule has 4 rings (SSSR count). The van der Waals surface area contributed by atoms with Crippen LogP contribution in [0.3, 0.4) is 0 Å². The van der Waals surface area contributed by atoms with Gasteiger partial charge in [0.1, 0.15) is 24.0 Å². The van der Waals surface area contributed by atoms with E-state index in [-0.39, 0.29) is 23.8 Å². The number of imidazole rings is 1. The molecule has 2 aromatic heterocycles. The number of carbonyl (C=O) groups is 1. The number of carboxylic acids is 1. The fourth-order valence-corrected chi connectivity index (χ4v) is 5.97. The molecule has 1 saturated heterocycles. The van der Waals surface area contributed by atoms with Crippen molar-refractivity contribution >= 4 is 59.8 Å². The smallest absolute Gasteiger partial charge is 0.459 e. The van der Waals surface area contributed by atoms with Crippen LogP contribution in [0.5, 0.6) is 5.75 Å². The Bertz CT molecular complexity index is 1350. The van der Waals surface area contributed by atoms with E-state index in [1.165, 1.54) is 23.0 Å². The molecule has 5 atom stereocenters. The van der Waals surface area contributed by atoms with Gasteiger partial charge in [-0.05, 0) is 18.6 Å². The number of rotatable bonds is 11. The summed E-state index contributed by atoms with van der Waals surface area (Å²) in [7, 11) is -2.66. The van der Waals surface area contributed by atoms with Gasteiger partial charge in [0.2, 0.25) is 5.95 Å². The van der Waals surface area contributed by atoms with E-state index in [4.69, 9.17) is 42.7 Å². The van der Waals surface area contributed by atoms with E-state index in [1.54, 1.807) is 32.2 Å². The average molecular weight is 590 g/mol. The highest BCUT2D eigenvalue weighted by Gasteiger charge is 2.56. The molecule has 17 heteroatoms. The number of nitrogens with two attached hydrogens (primary N) is 1. The van der Waals surface area contributed by atoms with Crippen LogP contribution in [0.15, 0.2) is 36.7 Å². The Kier molecular flexibility index (Phi) is 8.33. The molecule has 0 radical (unpaired) electrons. The lowest BCUT2D eigenvalue weighted by Crippen LogP contribution is -2.39. The topological polar surface area (TPSA) is 196 Å². The molecule has 0 bridgehead atoms. The van der Waals surface area contributed by atoms with Crippen LogP contribution in [0.25, 0.3) is 11.2 Å². The average Bonchev–Trinajstić information content (AvgIpc) is 3.39.